The predicted octanol–water partition coefficient (Wildman–Crippen LogP) is 1.62. The molecule has 120 valence electrons. The molecule has 0 fully saturated rings. The number of rotatable bonds is 6. The molecule has 0 heterocycles. The molecule has 7 nitrogen and oxygen atoms in total. The van der Waals surface area contributed by atoms with Gasteiger partial charge in [-0.1, -0.05) is 6.92 Å². The lowest BCUT2D eigenvalue weighted by Crippen LogP contribution is -2.24. The van der Waals surface area contributed by atoms with E-state index in [2.05, 4.69) is 14.8 Å². The largest absolute Gasteiger partial charge is 0.497 e. The molecule has 0 saturated carbocycles. The van der Waals surface area contributed by atoms with Crippen LogP contribution in [0.5, 0.6) is 5.75 Å². The Morgan fingerprint density at radius 2 is 1.82 bits per heavy atom. The molecular weight excluding hydrogens is 290 g/mol. The van der Waals surface area contributed by atoms with Crippen LogP contribution >= 0.6 is 0 Å². The van der Waals surface area contributed by atoms with Crippen LogP contribution in [0.1, 0.15) is 23.7 Å². The van der Waals surface area contributed by atoms with Crippen molar-refractivity contribution in [2.24, 2.45) is 5.92 Å². The van der Waals surface area contributed by atoms with E-state index in [1.165, 1.54) is 33.5 Å². The number of ether oxygens (including phenoxy) is 3. The van der Waals surface area contributed by atoms with Gasteiger partial charge in [0.2, 0.25) is 5.91 Å². The fourth-order valence-corrected chi connectivity index (χ4v) is 1.72. The second-order valence-corrected chi connectivity index (χ2v) is 4.57. The topological polar surface area (TPSA) is 90.9 Å². The number of hydrogen-bond acceptors (Lipinski definition) is 6. The van der Waals surface area contributed by atoms with Crippen molar-refractivity contribution in [2.45, 2.75) is 13.3 Å². The Labute approximate surface area is 128 Å². The second kappa shape index (κ2) is 8.02. The van der Waals surface area contributed by atoms with Crippen LogP contribution in [-0.2, 0) is 19.1 Å². The first-order valence-corrected chi connectivity index (χ1v) is 6.57. The summed E-state index contributed by atoms with van der Waals surface area (Å²) < 4.78 is 14.2. The van der Waals surface area contributed by atoms with E-state index in [1.807, 2.05) is 0 Å². The van der Waals surface area contributed by atoms with Gasteiger partial charge in [0.05, 0.1) is 39.0 Å². The third-order valence-corrected chi connectivity index (χ3v) is 3.04. The highest BCUT2D eigenvalue weighted by atomic mass is 16.5. The Balaban J connectivity index is 2.94. The van der Waals surface area contributed by atoms with E-state index >= 15 is 0 Å². The Hall–Kier alpha value is -2.57. The van der Waals surface area contributed by atoms with Crippen molar-refractivity contribution in [2.75, 3.05) is 26.6 Å². The van der Waals surface area contributed by atoms with Crippen molar-refractivity contribution in [3.8, 4) is 5.75 Å². The fraction of sp³-hybridized carbons (Fsp3) is 0.400. The maximum absolute atomic E-state index is 12.1. The SMILES string of the molecule is COC(=O)CC(C)C(=O)Nc1ccc(OC)cc1C(=O)OC. The molecule has 0 aliphatic rings. The molecule has 0 spiro atoms. The highest BCUT2D eigenvalue weighted by molar-refractivity contribution is 6.02. The molecule has 0 radical (unpaired) electrons. The first kappa shape index (κ1) is 17.5. The Morgan fingerprint density at radius 3 is 2.36 bits per heavy atom. The summed E-state index contributed by atoms with van der Waals surface area (Å²) in [4.78, 5) is 35.0. The number of hydrogen-bond donors (Lipinski definition) is 1. The molecule has 1 unspecified atom stereocenters. The maximum atomic E-state index is 12.1. The molecule has 0 aliphatic carbocycles. The molecule has 1 amide bonds. The van der Waals surface area contributed by atoms with Crippen molar-refractivity contribution < 1.29 is 28.6 Å². The van der Waals surface area contributed by atoms with Crippen molar-refractivity contribution in [1.82, 2.24) is 0 Å². The molecule has 1 atom stereocenters. The number of amides is 1. The number of benzene rings is 1. The summed E-state index contributed by atoms with van der Waals surface area (Å²) >= 11 is 0. The van der Waals surface area contributed by atoms with Gasteiger partial charge in [-0.3, -0.25) is 9.59 Å². The van der Waals surface area contributed by atoms with Gasteiger partial charge < -0.3 is 19.5 Å². The van der Waals surface area contributed by atoms with Gasteiger partial charge in [0.1, 0.15) is 5.75 Å². The molecular formula is C15H19NO6. The molecule has 0 bridgehead atoms. The zero-order valence-electron chi connectivity index (χ0n) is 13.0. The summed E-state index contributed by atoms with van der Waals surface area (Å²) in [6.07, 6.45) is -0.0496. The minimum Gasteiger partial charge on any atom is -0.497 e. The van der Waals surface area contributed by atoms with Crippen LogP contribution in [0, 0.1) is 5.92 Å². The lowest BCUT2D eigenvalue weighted by atomic mass is 10.1. The molecule has 1 N–H and O–H groups in total. The Bertz CT molecular complexity index is 569. The molecule has 22 heavy (non-hydrogen) atoms. The quantitative estimate of drug-likeness (QED) is 0.803. The lowest BCUT2D eigenvalue weighted by molar-refractivity contribution is -0.143. The molecule has 0 aromatic heterocycles. The fourth-order valence-electron chi connectivity index (χ4n) is 1.72. The third kappa shape index (κ3) is 4.47. The summed E-state index contributed by atoms with van der Waals surface area (Å²) in [5, 5.41) is 2.60. The van der Waals surface area contributed by atoms with Gasteiger partial charge >= 0.3 is 11.9 Å². The minimum absolute atomic E-state index is 0.0496. The van der Waals surface area contributed by atoms with Gasteiger partial charge in [-0.15, -0.1) is 0 Å². The van der Waals surface area contributed by atoms with E-state index in [-0.39, 0.29) is 17.7 Å². The number of anilines is 1. The first-order valence-electron chi connectivity index (χ1n) is 6.57. The maximum Gasteiger partial charge on any atom is 0.340 e. The number of carbonyl (C=O) groups excluding carboxylic acids is 3. The molecule has 1 aromatic rings. The molecule has 1 rings (SSSR count). The van der Waals surface area contributed by atoms with Crippen molar-refractivity contribution in [3.63, 3.8) is 0 Å². The summed E-state index contributed by atoms with van der Waals surface area (Å²) in [6.45, 7) is 1.59. The molecule has 1 aromatic carbocycles. The standard InChI is InChI=1S/C15H19NO6/c1-9(7-13(17)21-3)14(18)16-12-6-5-10(20-2)8-11(12)15(19)22-4/h5-6,8-9H,7H2,1-4H3,(H,16,18). The second-order valence-electron chi connectivity index (χ2n) is 4.57. The number of carbonyl (C=O) groups is 3. The van der Waals surface area contributed by atoms with Crippen LogP contribution in [0.2, 0.25) is 0 Å². The van der Waals surface area contributed by atoms with Gasteiger partial charge in [-0.05, 0) is 18.2 Å². The van der Waals surface area contributed by atoms with Gasteiger partial charge in [0.15, 0.2) is 0 Å². The van der Waals surface area contributed by atoms with E-state index in [9.17, 15) is 14.4 Å². The average Bonchev–Trinajstić information content (AvgIpc) is 2.53. The third-order valence-electron chi connectivity index (χ3n) is 3.04. The number of methoxy groups -OCH3 is 3. The molecule has 7 heteroatoms. The summed E-state index contributed by atoms with van der Waals surface area (Å²) in [5.74, 6) is -1.62. The van der Waals surface area contributed by atoms with E-state index in [4.69, 9.17) is 4.74 Å². The minimum atomic E-state index is -0.602. The predicted molar refractivity (Wildman–Crippen MR) is 78.8 cm³/mol. The first-order chi connectivity index (χ1) is 10.4. The zero-order valence-corrected chi connectivity index (χ0v) is 13.0. The Morgan fingerprint density at radius 1 is 1.14 bits per heavy atom. The van der Waals surface area contributed by atoms with Gasteiger partial charge in [0.25, 0.3) is 0 Å². The van der Waals surface area contributed by atoms with Crippen molar-refractivity contribution in [3.05, 3.63) is 23.8 Å². The van der Waals surface area contributed by atoms with E-state index in [0.29, 0.717) is 5.75 Å². The summed E-state index contributed by atoms with van der Waals surface area (Å²) in [6, 6.07) is 4.60. The van der Waals surface area contributed by atoms with Gasteiger partial charge in [0, 0.05) is 5.92 Å². The van der Waals surface area contributed by atoms with E-state index < -0.39 is 23.8 Å². The number of nitrogens with one attached hydrogen (secondary N) is 1. The summed E-state index contributed by atoms with van der Waals surface area (Å²) in [7, 11) is 3.96. The van der Waals surface area contributed by atoms with E-state index in [0.717, 1.165) is 0 Å². The van der Waals surface area contributed by atoms with Gasteiger partial charge in [-0.25, -0.2) is 4.79 Å². The van der Waals surface area contributed by atoms with Crippen LogP contribution in [0.3, 0.4) is 0 Å². The zero-order chi connectivity index (χ0) is 16.7. The molecule has 0 aliphatic heterocycles. The highest BCUT2D eigenvalue weighted by Crippen LogP contribution is 2.23. The lowest BCUT2D eigenvalue weighted by Gasteiger charge is -2.14. The van der Waals surface area contributed by atoms with Crippen LogP contribution in [0.15, 0.2) is 18.2 Å². The number of esters is 2. The van der Waals surface area contributed by atoms with Crippen molar-refractivity contribution in [1.29, 1.82) is 0 Å². The van der Waals surface area contributed by atoms with E-state index in [1.54, 1.807) is 13.0 Å². The smallest absolute Gasteiger partial charge is 0.340 e. The normalized spacial score (nSPS) is 11.3. The monoisotopic (exact) mass is 309 g/mol. The van der Waals surface area contributed by atoms with Gasteiger partial charge in [-0.2, -0.15) is 0 Å². The summed E-state index contributed by atoms with van der Waals surface area (Å²) in [5.41, 5.74) is 0.454. The molecule has 0 saturated heterocycles. The van der Waals surface area contributed by atoms with Crippen molar-refractivity contribution >= 4 is 23.5 Å². The van der Waals surface area contributed by atoms with Crippen LogP contribution in [0.4, 0.5) is 5.69 Å². The van der Waals surface area contributed by atoms with Crippen LogP contribution in [-0.4, -0.2) is 39.2 Å². The highest BCUT2D eigenvalue weighted by Gasteiger charge is 2.20. The Kier molecular flexibility index (Phi) is 6.37. The van der Waals surface area contributed by atoms with Crippen LogP contribution in [0.25, 0.3) is 0 Å². The average molecular weight is 309 g/mol. The van der Waals surface area contributed by atoms with Crippen LogP contribution < -0.4 is 10.1 Å².